The number of rotatable bonds is 4. The Kier molecular flexibility index (Phi) is 3.61. The molecule has 102 valence electrons. The van der Waals surface area contributed by atoms with Crippen molar-refractivity contribution in [2.24, 2.45) is 11.8 Å². The van der Waals surface area contributed by atoms with Gasteiger partial charge in [0, 0.05) is 0 Å². The van der Waals surface area contributed by atoms with Crippen LogP contribution in [0.1, 0.15) is 39.5 Å². The van der Waals surface area contributed by atoms with E-state index in [1.165, 1.54) is 0 Å². The third kappa shape index (κ3) is 2.51. The van der Waals surface area contributed by atoms with Gasteiger partial charge >= 0.3 is 5.97 Å². The van der Waals surface area contributed by atoms with Gasteiger partial charge in [-0.3, -0.25) is 4.79 Å². The molecule has 18 heavy (non-hydrogen) atoms. The van der Waals surface area contributed by atoms with Gasteiger partial charge in [-0.2, -0.15) is 0 Å². The molecule has 2 fully saturated rings. The second-order valence-corrected chi connectivity index (χ2v) is 5.82. The van der Waals surface area contributed by atoms with Crippen molar-refractivity contribution >= 4 is 11.9 Å². The van der Waals surface area contributed by atoms with Crippen molar-refractivity contribution in [3.63, 3.8) is 0 Å². The SMILES string of the molecule is CC1CCCNC1C(=O)NC(C)(C(=O)O)C1CC1. The normalized spacial score (nSPS) is 31.4. The fourth-order valence-corrected chi connectivity index (χ4v) is 2.73. The number of hydrogen-bond donors (Lipinski definition) is 3. The zero-order valence-electron chi connectivity index (χ0n) is 11.0. The lowest BCUT2D eigenvalue weighted by Crippen LogP contribution is -2.60. The molecule has 0 aromatic heterocycles. The standard InChI is InChI=1S/C13H22N2O3/c1-8-4-3-7-14-10(8)11(16)15-13(2,12(17)18)9-5-6-9/h8-10,14H,3-7H2,1-2H3,(H,15,16)(H,17,18). The van der Waals surface area contributed by atoms with Crippen LogP contribution < -0.4 is 10.6 Å². The van der Waals surface area contributed by atoms with Gasteiger partial charge in [0.15, 0.2) is 0 Å². The molecule has 2 rings (SSSR count). The first-order valence-corrected chi connectivity index (χ1v) is 6.74. The second-order valence-electron chi connectivity index (χ2n) is 5.82. The molecule has 5 heteroatoms. The van der Waals surface area contributed by atoms with Gasteiger partial charge in [-0.15, -0.1) is 0 Å². The summed E-state index contributed by atoms with van der Waals surface area (Å²) in [6, 6.07) is -0.254. The molecule has 1 aliphatic heterocycles. The van der Waals surface area contributed by atoms with Gasteiger partial charge in [-0.1, -0.05) is 6.92 Å². The van der Waals surface area contributed by atoms with Gasteiger partial charge in [0.2, 0.25) is 5.91 Å². The molecule has 3 unspecified atom stereocenters. The van der Waals surface area contributed by atoms with Crippen LogP contribution in [-0.2, 0) is 9.59 Å². The van der Waals surface area contributed by atoms with Crippen LogP contribution in [0.2, 0.25) is 0 Å². The second kappa shape index (κ2) is 4.88. The minimum absolute atomic E-state index is 0.0813. The summed E-state index contributed by atoms with van der Waals surface area (Å²) in [5, 5.41) is 15.3. The number of carbonyl (C=O) groups is 2. The quantitative estimate of drug-likeness (QED) is 0.691. The minimum Gasteiger partial charge on any atom is -0.480 e. The van der Waals surface area contributed by atoms with Crippen molar-refractivity contribution in [1.29, 1.82) is 0 Å². The van der Waals surface area contributed by atoms with E-state index in [4.69, 9.17) is 0 Å². The summed E-state index contributed by atoms with van der Waals surface area (Å²) in [7, 11) is 0. The van der Waals surface area contributed by atoms with Crippen molar-refractivity contribution in [1.82, 2.24) is 10.6 Å². The summed E-state index contributed by atoms with van der Waals surface area (Å²) in [6.45, 7) is 4.49. The summed E-state index contributed by atoms with van der Waals surface area (Å²) in [6.07, 6.45) is 3.86. The summed E-state index contributed by atoms with van der Waals surface area (Å²) >= 11 is 0. The van der Waals surface area contributed by atoms with Crippen LogP contribution in [0.4, 0.5) is 0 Å². The first kappa shape index (κ1) is 13.3. The van der Waals surface area contributed by atoms with E-state index in [0.29, 0.717) is 0 Å². The molecule has 1 amide bonds. The van der Waals surface area contributed by atoms with Gasteiger partial charge in [-0.05, 0) is 51.0 Å². The predicted molar refractivity (Wildman–Crippen MR) is 67.1 cm³/mol. The minimum atomic E-state index is -1.10. The Labute approximate surface area is 107 Å². The monoisotopic (exact) mass is 254 g/mol. The lowest BCUT2D eigenvalue weighted by Gasteiger charge is -2.33. The molecular weight excluding hydrogens is 232 g/mol. The summed E-state index contributed by atoms with van der Waals surface area (Å²) < 4.78 is 0. The molecule has 0 radical (unpaired) electrons. The summed E-state index contributed by atoms with van der Waals surface area (Å²) in [5.74, 6) is -0.755. The largest absolute Gasteiger partial charge is 0.480 e. The molecule has 5 nitrogen and oxygen atoms in total. The zero-order valence-corrected chi connectivity index (χ0v) is 11.0. The predicted octanol–water partition coefficient (Wildman–Crippen LogP) is 0.744. The Hall–Kier alpha value is -1.10. The smallest absolute Gasteiger partial charge is 0.329 e. The van der Waals surface area contributed by atoms with Crippen LogP contribution in [0, 0.1) is 11.8 Å². The number of carbonyl (C=O) groups excluding carboxylic acids is 1. The molecule has 1 aliphatic carbocycles. The molecule has 3 atom stereocenters. The van der Waals surface area contributed by atoms with Crippen LogP contribution in [0.5, 0.6) is 0 Å². The molecule has 0 aromatic rings. The molecule has 1 heterocycles. The van der Waals surface area contributed by atoms with Gasteiger partial charge in [0.25, 0.3) is 0 Å². The Morgan fingerprint density at radius 2 is 2.00 bits per heavy atom. The number of amides is 1. The fraction of sp³-hybridized carbons (Fsp3) is 0.846. The van der Waals surface area contributed by atoms with Crippen LogP contribution in [-0.4, -0.2) is 35.1 Å². The van der Waals surface area contributed by atoms with Gasteiger partial charge < -0.3 is 15.7 Å². The van der Waals surface area contributed by atoms with Crippen LogP contribution in [0.15, 0.2) is 0 Å². The fourth-order valence-electron chi connectivity index (χ4n) is 2.73. The maximum absolute atomic E-state index is 12.2. The van der Waals surface area contributed by atoms with Crippen molar-refractivity contribution in [2.45, 2.75) is 51.1 Å². The lowest BCUT2D eigenvalue weighted by atomic mass is 9.90. The maximum atomic E-state index is 12.2. The van der Waals surface area contributed by atoms with Crippen molar-refractivity contribution < 1.29 is 14.7 Å². The number of piperidine rings is 1. The number of carboxylic acid groups (broad SMARTS) is 1. The van der Waals surface area contributed by atoms with Gasteiger partial charge in [0.05, 0.1) is 6.04 Å². The highest BCUT2D eigenvalue weighted by Crippen LogP contribution is 2.39. The first-order chi connectivity index (χ1) is 8.45. The van der Waals surface area contributed by atoms with E-state index in [1.807, 2.05) is 6.92 Å². The van der Waals surface area contributed by atoms with Crippen LogP contribution in [0.3, 0.4) is 0 Å². The molecule has 3 N–H and O–H groups in total. The highest BCUT2D eigenvalue weighted by molar-refractivity contribution is 5.90. The summed E-state index contributed by atoms with van der Waals surface area (Å²) in [5.41, 5.74) is -1.10. The molecule has 1 saturated heterocycles. The van der Waals surface area contributed by atoms with E-state index in [1.54, 1.807) is 6.92 Å². The zero-order chi connectivity index (χ0) is 13.3. The van der Waals surface area contributed by atoms with E-state index in [-0.39, 0.29) is 23.8 Å². The number of carboxylic acids is 1. The highest BCUT2D eigenvalue weighted by atomic mass is 16.4. The van der Waals surface area contributed by atoms with Crippen LogP contribution >= 0.6 is 0 Å². The van der Waals surface area contributed by atoms with Crippen molar-refractivity contribution in [3.8, 4) is 0 Å². The van der Waals surface area contributed by atoms with Crippen molar-refractivity contribution in [2.75, 3.05) is 6.54 Å². The van der Waals surface area contributed by atoms with Gasteiger partial charge in [0.1, 0.15) is 5.54 Å². The topological polar surface area (TPSA) is 78.4 Å². The average Bonchev–Trinajstić information content (AvgIpc) is 3.13. The maximum Gasteiger partial charge on any atom is 0.329 e. The number of nitrogens with one attached hydrogen (secondary N) is 2. The van der Waals surface area contributed by atoms with Gasteiger partial charge in [-0.25, -0.2) is 4.79 Å². The Morgan fingerprint density at radius 1 is 1.33 bits per heavy atom. The molecule has 0 bridgehead atoms. The molecule has 0 spiro atoms. The summed E-state index contributed by atoms with van der Waals surface area (Å²) in [4.78, 5) is 23.6. The van der Waals surface area contributed by atoms with E-state index < -0.39 is 11.5 Å². The highest BCUT2D eigenvalue weighted by Gasteiger charge is 2.49. The number of aliphatic carboxylic acids is 1. The van der Waals surface area contributed by atoms with E-state index in [2.05, 4.69) is 10.6 Å². The third-order valence-electron chi connectivity index (χ3n) is 4.27. The van der Waals surface area contributed by atoms with Crippen LogP contribution in [0.25, 0.3) is 0 Å². The Bertz CT molecular complexity index is 354. The lowest BCUT2D eigenvalue weighted by molar-refractivity contribution is -0.148. The van der Waals surface area contributed by atoms with Crippen molar-refractivity contribution in [3.05, 3.63) is 0 Å². The molecule has 1 saturated carbocycles. The first-order valence-electron chi connectivity index (χ1n) is 6.74. The molecule has 2 aliphatic rings. The number of hydrogen-bond acceptors (Lipinski definition) is 3. The molecule has 0 aromatic carbocycles. The Balaban J connectivity index is 2.02. The van der Waals surface area contributed by atoms with E-state index >= 15 is 0 Å². The third-order valence-corrected chi connectivity index (χ3v) is 4.27. The molecular formula is C13H22N2O3. The van der Waals surface area contributed by atoms with E-state index in [0.717, 1.165) is 32.2 Å². The average molecular weight is 254 g/mol. The van der Waals surface area contributed by atoms with E-state index in [9.17, 15) is 14.7 Å². The Morgan fingerprint density at radius 3 is 2.50 bits per heavy atom.